The smallest absolute Gasteiger partial charge is 0.409 e. The first-order valence-corrected chi connectivity index (χ1v) is 9.17. The predicted octanol–water partition coefficient (Wildman–Crippen LogP) is 1.72. The molecule has 0 saturated carbocycles. The van der Waals surface area contributed by atoms with E-state index in [2.05, 4.69) is 32.4 Å². The van der Waals surface area contributed by atoms with Crippen molar-refractivity contribution < 1.29 is 9.53 Å². The number of carbonyl (C=O) groups is 1. The summed E-state index contributed by atoms with van der Waals surface area (Å²) >= 11 is 0. The lowest BCUT2D eigenvalue weighted by atomic mass is 10.2. The Morgan fingerprint density at radius 2 is 1.89 bits per heavy atom. The van der Waals surface area contributed by atoms with Gasteiger partial charge in [-0.3, -0.25) is 4.99 Å². The van der Waals surface area contributed by atoms with Crippen LogP contribution >= 0.6 is 0 Å². The number of hydrogen-bond acceptors (Lipinski definition) is 4. The third kappa shape index (κ3) is 4.78. The monoisotopic (exact) mass is 370 g/mol. The van der Waals surface area contributed by atoms with E-state index < -0.39 is 0 Å². The van der Waals surface area contributed by atoms with E-state index in [1.54, 1.807) is 18.1 Å². The third-order valence-corrected chi connectivity index (χ3v) is 4.47. The average Bonchev–Trinajstić information content (AvgIpc) is 3.24. The molecule has 0 radical (unpaired) electrons. The first kappa shape index (κ1) is 18.8. The summed E-state index contributed by atoms with van der Waals surface area (Å²) in [4.78, 5) is 20.1. The molecule has 0 aliphatic carbocycles. The molecule has 27 heavy (non-hydrogen) atoms. The van der Waals surface area contributed by atoms with Crippen LogP contribution in [0.5, 0.6) is 0 Å². The van der Waals surface area contributed by atoms with E-state index in [1.807, 2.05) is 36.0 Å². The highest BCUT2D eigenvalue weighted by Gasteiger charge is 2.23. The number of rotatable bonds is 4. The fourth-order valence-electron chi connectivity index (χ4n) is 3.02. The quantitative estimate of drug-likeness (QED) is 0.655. The molecule has 1 aliphatic heterocycles. The zero-order valence-corrected chi connectivity index (χ0v) is 15.8. The number of hydrogen-bond donors (Lipinski definition) is 1. The lowest BCUT2D eigenvalue weighted by Gasteiger charge is -2.35. The number of carbonyl (C=O) groups excluding carboxylic acids is 1. The van der Waals surface area contributed by atoms with E-state index >= 15 is 0 Å². The molecule has 8 nitrogen and oxygen atoms in total. The number of ether oxygens (including phenoxy) is 1. The Balaban J connectivity index is 1.50. The van der Waals surface area contributed by atoms with Crippen LogP contribution in [0.4, 0.5) is 4.79 Å². The average molecular weight is 370 g/mol. The van der Waals surface area contributed by atoms with Crippen LogP contribution in [0.2, 0.25) is 0 Å². The molecular formula is C19H26N6O2. The number of aromatic nitrogens is 2. The van der Waals surface area contributed by atoms with Gasteiger partial charge in [0.25, 0.3) is 0 Å². The van der Waals surface area contributed by atoms with Crippen molar-refractivity contribution in [2.24, 2.45) is 4.99 Å². The Hall–Kier alpha value is -3.03. The lowest BCUT2D eigenvalue weighted by molar-refractivity contribution is 0.0914. The van der Waals surface area contributed by atoms with Crippen molar-refractivity contribution in [1.82, 2.24) is 24.9 Å². The molecule has 1 amide bonds. The van der Waals surface area contributed by atoms with Crippen LogP contribution in [-0.4, -0.2) is 71.5 Å². The molecule has 2 heterocycles. The van der Waals surface area contributed by atoms with Gasteiger partial charge in [-0.1, -0.05) is 12.1 Å². The van der Waals surface area contributed by atoms with Gasteiger partial charge in [-0.2, -0.15) is 5.10 Å². The largest absolute Gasteiger partial charge is 0.450 e. The molecule has 1 aromatic heterocycles. The minimum atomic E-state index is -0.239. The Morgan fingerprint density at radius 3 is 2.48 bits per heavy atom. The second-order valence-electron chi connectivity index (χ2n) is 6.19. The molecule has 2 aromatic rings. The molecule has 1 fully saturated rings. The normalized spacial score (nSPS) is 15.0. The van der Waals surface area contributed by atoms with Crippen molar-refractivity contribution in [3.8, 4) is 5.69 Å². The van der Waals surface area contributed by atoms with E-state index in [9.17, 15) is 4.79 Å². The van der Waals surface area contributed by atoms with Gasteiger partial charge in [0, 0.05) is 52.2 Å². The highest BCUT2D eigenvalue weighted by atomic mass is 16.6. The van der Waals surface area contributed by atoms with Crippen LogP contribution in [0.25, 0.3) is 5.69 Å². The van der Waals surface area contributed by atoms with Gasteiger partial charge >= 0.3 is 6.09 Å². The van der Waals surface area contributed by atoms with Crippen LogP contribution < -0.4 is 5.32 Å². The zero-order chi connectivity index (χ0) is 19.1. The number of nitrogens with zero attached hydrogens (tertiary/aromatic N) is 5. The first-order chi connectivity index (χ1) is 13.2. The second kappa shape index (κ2) is 9.07. The maximum Gasteiger partial charge on any atom is 0.409 e. The molecule has 1 aromatic carbocycles. The number of amides is 1. The van der Waals surface area contributed by atoms with E-state index in [0.29, 0.717) is 26.2 Å². The summed E-state index contributed by atoms with van der Waals surface area (Å²) < 4.78 is 6.89. The fraction of sp³-hybridized carbons (Fsp3) is 0.421. The van der Waals surface area contributed by atoms with Crippen molar-refractivity contribution in [3.63, 3.8) is 0 Å². The molecule has 1 aliphatic rings. The van der Waals surface area contributed by atoms with Gasteiger partial charge in [-0.25, -0.2) is 9.48 Å². The van der Waals surface area contributed by atoms with Crippen LogP contribution in [0.1, 0.15) is 12.5 Å². The summed E-state index contributed by atoms with van der Waals surface area (Å²) in [6.45, 7) is 5.65. The van der Waals surface area contributed by atoms with E-state index in [1.165, 1.54) is 0 Å². The van der Waals surface area contributed by atoms with Crippen molar-refractivity contribution in [3.05, 3.63) is 48.3 Å². The van der Waals surface area contributed by atoms with Gasteiger partial charge in [-0.15, -0.1) is 0 Å². The summed E-state index contributed by atoms with van der Waals surface area (Å²) in [5.41, 5.74) is 2.19. The summed E-state index contributed by atoms with van der Waals surface area (Å²) in [5, 5.41) is 7.63. The number of nitrogens with one attached hydrogen (secondary N) is 1. The molecule has 1 N–H and O–H groups in total. The van der Waals surface area contributed by atoms with Crippen molar-refractivity contribution >= 4 is 12.1 Å². The molecule has 0 atom stereocenters. The Labute approximate surface area is 159 Å². The molecule has 1 saturated heterocycles. The number of guanidine groups is 1. The summed E-state index contributed by atoms with van der Waals surface area (Å²) in [6.07, 6.45) is 3.45. The maximum atomic E-state index is 11.8. The van der Waals surface area contributed by atoms with Crippen molar-refractivity contribution in [1.29, 1.82) is 0 Å². The van der Waals surface area contributed by atoms with E-state index in [-0.39, 0.29) is 6.09 Å². The molecule has 0 unspecified atom stereocenters. The van der Waals surface area contributed by atoms with Gasteiger partial charge in [0.1, 0.15) is 0 Å². The van der Waals surface area contributed by atoms with Gasteiger partial charge in [-0.05, 0) is 30.7 Å². The number of piperazine rings is 1. The summed E-state index contributed by atoms with van der Waals surface area (Å²) in [5.74, 6) is 0.842. The van der Waals surface area contributed by atoms with E-state index in [0.717, 1.165) is 30.3 Å². The first-order valence-electron chi connectivity index (χ1n) is 9.17. The number of aliphatic imine (C=N–C) groups is 1. The molecule has 3 rings (SSSR count). The van der Waals surface area contributed by atoms with Gasteiger partial charge < -0.3 is 19.9 Å². The predicted molar refractivity (Wildman–Crippen MR) is 104 cm³/mol. The van der Waals surface area contributed by atoms with Crippen LogP contribution in [0.15, 0.2) is 47.7 Å². The minimum Gasteiger partial charge on any atom is -0.450 e. The Morgan fingerprint density at radius 1 is 1.19 bits per heavy atom. The Bertz CT molecular complexity index is 749. The molecular weight excluding hydrogens is 344 g/mol. The van der Waals surface area contributed by atoms with Gasteiger partial charge in [0.2, 0.25) is 0 Å². The third-order valence-electron chi connectivity index (χ3n) is 4.47. The van der Waals surface area contributed by atoms with Gasteiger partial charge in [0.15, 0.2) is 5.96 Å². The van der Waals surface area contributed by atoms with Crippen molar-refractivity contribution in [2.75, 3.05) is 39.8 Å². The molecule has 0 spiro atoms. The van der Waals surface area contributed by atoms with Crippen molar-refractivity contribution in [2.45, 2.75) is 13.5 Å². The number of benzene rings is 1. The fourth-order valence-corrected chi connectivity index (χ4v) is 3.02. The van der Waals surface area contributed by atoms with Crippen LogP contribution in [0.3, 0.4) is 0 Å². The molecule has 8 heteroatoms. The Kier molecular flexibility index (Phi) is 6.30. The second-order valence-corrected chi connectivity index (χ2v) is 6.19. The van der Waals surface area contributed by atoms with E-state index in [4.69, 9.17) is 4.74 Å². The molecule has 0 bridgehead atoms. The lowest BCUT2D eigenvalue weighted by Crippen LogP contribution is -2.53. The zero-order valence-electron chi connectivity index (χ0n) is 15.8. The SMILES string of the molecule is CCOC(=O)N1CCN(C(=NC)NCc2ccc(-n3cccn3)cc2)CC1. The highest BCUT2D eigenvalue weighted by Crippen LogP contribution is 2.09. The minimum absolute atomic E-state index is 0.239. The highest BCUT2D eigenvalue weighted by molar-refractivity contribution is 5.80. The van der Waals surface area contributed by atoms with Crippen LogP contribution in [-0.2, 0) is 11.3 Å². The summed E-state index contributed by atoms with van der Waals surface area (Å²) in [6, 6.07) is 10.2. The topological polar surface area (TPSA) is 75.0 Å². The van der Waals surface area contributed by atoms with Gasteiger partial charge in [0.05, 0.1) is 12.3 Å². The maximum absolute atomic E-state index is 11.8. The standard InChI is InChI=1S/C19H26N6O2/c1-3-27-19(26)24-13-11-23(12-14-24)18(20-2)21-15-16-5-7-17(8-6-16)25-10-4-9-22-25/h4-10H,3,11-15H2,1-2H3,(H,20,21). The summed E-state index contributed by atoms with van der Waals surface area (Å²) in [7, 11) is 1.78. The van der Waals surface area contributed by atoms with Crippen LogP contribution in [0, 0.1) is 0 Å². The molecule has 144 valence electrons.